The quantitative estimate of drug-likeness (QED) is 0.208. The number of hydrogen-bond acceptors (Lipinski definition) is 5. The molecule has 0 saturated heterocycles. The number of nitrogens with two attached hydrogens (primary N) is 3. The molecule has 33 heavy (non-hydrogen) atoms. The molecule has 0 fully saturated rings. The van der Waals surface area contributed by atoms with Crippen molar-refractivity contribution in [3.05, 3.63) is 101 Å². The molecule has 0 radical (unpaired) electrons. The van der Waals surface area contributed by atoms with Crippen molar-refractivity contribution in [1.82, 2.24) is 4.98 Å². The van der Waals surface area contributed by atoms with Crippen molar-refractivity contribution in [2.75, 3.05) is 13.7 Å². The summed E-state index contributed by atoms with van der Waals surface area (Å²) in [7, 11) is 1.70. The number of ether oxygens (including phenoxy) is 1. The topological polar surface area (TPSA) is 100 Å². The summed E-state index contributed by atoms with van der Waals surface area (Å²) in [6.45, 7) is 2.84. The van der Waals surface area contributed by atoms with Crippen LogP contribution in [0.2, 0.25) is 0 Å². The van der Waals surface area contributed by atoms with E-state index in [-0.39, 0.29) is 0 Å². The van der Waals surface area contributed by atoms with E-state index in [0.29, 0.717) is 0 Å². The highest BCUT2D eigenvalue weighted by atomic mass is 16.5. The molecule has 0 saturated carbocycles. The molecule has 6 N–H and O–H groups in total. The zero-order chi connectivity index (χ0) is 24.2. The van der Waals surface area contributed by atoms with Gasteiger partial charge in [0.05, 0.1) is 7.11 Å². The molecule has 0 amide bonds. The van der Waals surface area contributed by atoms with E-state index in [1.165, 1.54) is 22.4 Å². The Morgan fingerprint density at radius 1 is 1.12 bits per heavy atom. The van der Waals surface area contributed by atoms with Gasteiger partial charge in [-0.2, -0.15) is 0 Å². The average Bonchev–Trinajstić information content (AvgIpc) is 2.89. The molecule has 1 heterocycles. The Bertz CT molecular complexity index is 900. The highest BCUT2D eigenvalue weighted by Crippen LogP contribution is 2.15. The van der Waals surface area contributed by atoms with E-state index < -0.39 is 0 Å². The van der Waals surface area contributed by atoms with Crippen molar-refractivity contribution in [2.24, 2.45) is 17.4 Å². The molecule has 1 aromatic heterocycles. The van der Waals surface area contributed by atoms with Crippen LogP contribution in [0.15, 0.2) is 78.7 Å². The fourth-order valence-corrected chi connectivity index (χ4v) is 3.34. The van der Waals surface area contributed by atoms with E-state index in [1.807, 2.05) is 18.3 Å². The van der Waals surface area contributed by atoms with Crippen LogP contribution in [-0.4, -0.2) is 18.6 Å². The van der Waals surface area contributed by atoms with Gasteiger partial charge >= 0.3 is 0 Å². The summed E-state index contributed by atoms with van der Waals surface area (Å²) in [5, 5.41) is 0. The number of aromatic nitrogens is 1. The second-order valence-corrected chi connectivity index (χ2v) is 7.33. The predicted octanol–water partition coefficient (Wildman–Crippen LogP) is 5.34. The number of pyridine rings is 1. The van der Waals surface area contributed by atoms with E-state index in [9.17, 15) is 0 Å². The van der Waals surface area contributed by atoms with Crippen molar-refractivity contribution in [3.8, 4) is 0 Å². The molecule has 1 aliphatic rings. The average molecular weight is 449 g/mol. The number of fused-ring (bicyclic) bond motifs is 1. The van der Waals surface area contributed by atoms with Gasteiger partial charge in [-0.25, -0.2) is 0 Å². The molecular formula is C28H40N4O. The van der Waals surface area contributed by atoms with Crippen LogP contribution in [0.4, 0.5) is 0 Å². The van der Waals surface area contributed by atoms with Crippen molar-refractivity contribution < 1.29 is 4.74 Å². The third kappa shape index (κ3) is 11.4. The second kappa shape index (κ2) is 18.6. The van der Waals surface area contributed by atoms with Crippen LogP contribution in [0.25, 0.3) is 12.2 Å². The third-order valence-electron chi connectivity index (χ3n) is 4.97. The number of aryl methyl sites for hydroxylation is 2. The number of rotatable bonds is 9. The molecular weight excluding hydrogens is 408 g/mol. The lowest BCUT2D eigenvalue weighted by Gasteiger charge is -2.06. The Labute approximate surface area is 199 Å². The maximum absolute atomic E-state index is 5.59. The molecule has 0 bridgehead atoms. The number of hydrogen-bond donors (Lipinski definition) is 3. The van der Waals surface area contributed by atoms with Gasteiger partial charge in [0, 0.05) is 11.9 Å². The second-order valence-electron chi connectivity index (χ2n) is 7.33. The molecule has 5 heteroatoms. The van der Waals surface area contributed by atoms with Crippen LogP contribution in [-0.2, 0) is 17.6 Å². The maximum atomic E-state index is 5.59. The van der Waals surface area contributed by atoms with E-state index in [2.05, 4.69) is 90.4 Å². The highest BCUT2D eigenvalue weighted by Gasteiger charge is 2.02. The summed E-state index contributed by atoms with van der Waals surface area (Å²) in [4.78, 5) is 4.27. The molecule has 0 spiro atoms. The van der Waals surface area contributed by atoms with Gasteiger partial charge in [0.15, 0.2) is 0 Å². The largest absolute Gasteiger partial charge is 0.497 e. The SMILES string of the molecule is C1=Cc2cccnc2CC1.CC/C=C(\C=C/C/C=C/c1ccccc1CCCN)OC.NN. The van der Waals surface area contributed by atoms with E-state index >= 15 is 0 Å². The van der Waals surface area contributed by atoms with Gasteiger partial charge in [-0.1, -0.05) is 67.6 Å². The lowest BCUT2D eigenvalue weighted by molar-refractivity contribution is 0.305. The Kier molecular flexibility index (Phi) is 15.8. The first-order valence-corrected chi connectivity index (χ1v) is 11.6. The first kappa shape index (κ1) is 28.0. The van der Waals surface area contributed by atoms with Crippen molar-refractivity contribution >= 4 is 12.2 Å². The van der Waals surface area contributed by atoms with E-state index in [4.69, 9.17) is 10.5 Å². The van der Waals surface area contributed by atoms with Gasteiger partial charge in [0.2, 0.25) is 0 Å². The van der Waals surface area contributed by atoms with Crippen molar-refractivity contribution in [2.45, 2.75) is 45.4 Å². The molecule has 5 nitrogen and oxygen atoms in total. The van der Waals surface area contributed by atoms with Gasteiger partial charge < -0.3 is 10.5 Å². The molecule has 3 rings (SSSR count). The number of allylic oxidation sites excluding steroid dienone is 5. The number of hydrazine groups is 1. The van der Waals surface area contributed by atoms with Gasteiger partial charge in [-0.3, -0.25) is 16.7 Å². The molecule has 1 aliphatic carbocycles. The lowest BCUT2D eigenvalue weighted by atomic mass is 10.0. The molecule has 178 valence electrons. The van der Waals surface area contributed by atoms with Gasteiger partial charge in [-0.15, -0.1) is 0 Å². The summed E-state index contributed by atoms with van der Waals surface area (Å²) < 4.78 is 5.26. The lowest BCUT2D eigenvalue weighted by Crippen LogP contribution is -2.02. The first-order valence-electron chi connectivity index (χ1n) is 11.6. The van der Waals surface area contributed by atoms with Crippen LogP contribution in [0.3, 0.4) is 0 Å². The fraction of sp³-hybridized carbons (Fsp3) is 0.321. The van der Waals surface area contributed by atoms with Crippen molar-refractivity contribution in [3.63, 3.8) is 0 Å². The zero-order valence-corrected chi connectivity index (χ0v) is 20.1. The van der Waals surface area contributed by atoms with Gasteiger partial charge in [0.25, 0.3) is 0 Å². The van der Waals surface area contributed by atoms with Crippen molar-refractivity contribution in [1.29, 1.82) is 0 Å². The van der Waals surface area contributed by atoms with E-state index in [0.717, 1.165) is 50.8 Å². The smallest absolute Gasteiger partial charge is 0.114 e. The van der Waals surface area contributed by atoms with Gasteiger partial charge in [0.1, 0.15) is 5.76 Å². The summed E-state index contributed by atoms with van der Waals surface area (Å²) in [6.07, 6.45) is 23.0. The molecule has 1 aromatic carbocycles. The number of methoxy groups -OCH3 is 1. The minimum absolute atomic E-state index is 0.740. The summed E-state index contributed by atoms with van der Waals surface area (Å²) in [5.74, 6) is 8.93. The van der Waals surface area contributed by atoms with Crippen LogP contribution in [0, 0.1) is 0 Å². The van der Waals surface area contributed by atoms with Crippen LogP contribution in [0.5, 0.6) is 0 Å². The summed E-state index contributed by atoms with van der Waals surface area (Å²) >= 11 is 0. The minimum Gasteiger partial charge on any atom is -0.497 e. The first-order chi connectivity index (χ1) is 16.3. The Morgan fingerprint density at radius 2 is 1.94 bits per heavy atom. The fourth-order valence-electron chi connectivity index (χ4n) is 3.34. The molecule has 2 aromatic rings. The third-order valence-corrected chi connectivity index (χ3v) is 4.97. The Balaban J connectivity index is 0.000000373. The molecule has 0 atom stereocenters. The zero-order valence-electron chi connectivity index (χ0n) is 20.1. The summed E-state index contributed by atoms with van der Waals surface area (Å²) in [5.41, 5.74) is 10.8. The Morgan fingerprint density at radius 3 is 2.67 bits per heavy atom. The summed E-state index contributed by atoms with van der Waals surface area (Å²) in [6, 6.07) is 12.6. The van der Waals surface area contributed by atoms with Crippen LogP contribution < -0.4 is 17.4 Å². The monoisotopic (exact) mass is 448 g/mol. The highest BCUT2D eigenvalue weighted by molar-refractivity contribution is 5.54. The van der Waals surface area contributed by atoms with E-state index in [1.54, 1.807) is 7.11 Å². The van der Waals surface area contributed by atoms with Crippen LogP contribution in [0.1, 0.15) is 55.0 Å². The van der Waals surface area contributed by atoms with Gasteiger partial charge in [-0.05, 0) is 80.0 Å². The standard InChI is InChI=1S/C19H27NO.C9H9N.H4N2/c1-3-10-19(21-2)15-6-4-5-11-17-12-7-8-13-18(17)14-9-16-20;1-2-6-9-8(4-1)5-3-7-10-9;1-2/h5-8,10-13,15H,3-4,9,14,16,20H2,1-2H3;1,3-5,7H,2,6H2;1-2H2/b11-5+,15-6-,19-10+;;. The Hall–Kier alpha value is -2.99. The predicted molar refractivity (Wildman–Crippen MR) is 142 cm³/mol. The number of benzene rings is 1. The minimum atomic E-state index is 0.740. The number of nitrogens with zero attached hydrogens (tertiary/aromatic N) is 1. The molecule has 0 aliphatic heterocycles. The maximum Gasteiger partial charge on any atom is 0.114 e. The normalized spacial score (nSPS) is 12.6. The molecule has 0 unspecified atom stereocenters. The van der Waals surface area contributed by atoms with Crippen LogP contribution >= 0.6 is 0 Å².